The molecule has 0 heterocycles. The zero-order chi connectivity index (χ0) is 11.3. The van der Waals surface area contributed by atoms with Gasteiger partial charge in [0.25, 0.3) is 0 Å². The van der Waals surface area contributed by atoms with Crippen LogP contribution < -0.4 is 11.0 Å². The van der Waals surface area contributed by atoms with E-state index in [9.17, 15) is 5.21 Å². The molecule has 5 heteroatoms. The maximum absolute atomic E-state index is 10.6. The van der Waals surface area contributed by atoms with Gasteiger partial charge in [-0.15, -0.1) is 0 Å². The number of nitrogens with one attached hydrogen (secondary N) is 1. The molecule has 0 amide bonds. The van der Waals surface area contributed by atoms with Crippen molar-refractivity contribution in [2.75, 3.05) is 13.7 Å². The molecule has 0 bridgehead atoms. The first kappa shape index (κ1) is 12.1. The van der Waals surface area contributed by atoms with Crippen LogP contribution in [0.25, 0.3) is 0 Å². The van der Waals surface area contributed by atoms with E-state index in [-0.39, 0.29) is 6.04 Å². The summed E-state index contributed by atoms with van der Waals surface area (Å²) in [7, 11) is 1.60. The Morgan fingerprint density at radius 2 is 2.07 bits per heavy atom. The molecule has 0 saturated heterocycles. The summed E-state index contributed by atoms with van der Waals surface area (Å²) in [5.41, 5.74) is 7.08. The van der Waals surface area contributed by atoms with E-state index < -0.39 is 5.23 Å². The second-order valence-corrected chi connectivity index (χ2v) is 3.42. The van der Waals surface area contributed by atoms with Gasteiger partial charge in [0.2, 0.25) is 0 Å². The fraction of sp³-hybridized carbons (Fsp3) is 0.400. The van der Waals surface area contributed by atoms with E-state index in [0.717, 1.165) is 5.56 Å². The lowest BCUT2D eigenvalue weighted by molar-refractivity contribution is -0.991. The number of benzene rings is 1. The summed E-state index contributed by atoms with van der Waals surface area (Å²) in [5, 5.41) is 18.4. The molecule has 15 heavy (non-hydrogen) atoms. The topological polar surface area (TPSA) is 83.0 Å². The summed E-state index contributed by atoms with van der Waals surface area (Å²) in [6.45, 7) is 0.501. The Morgan fingerprint density at radius 3 is 2.53 bits per heavy atom. The first-order valence-electron chi connectivity index (χ1n) is 4.70. The normalized spacial score (nSPS) is 14.9. The number of ether oxygens (including phenoxy) is 1. The van der Waals surface area contributed by atoms with E-state index >= 15 is 0 Å². The third kappa shape index (κ3) is 3.94. The SMILES string of the molecule is COC[C@@H](N)Cc1ccc([NH+]([O-])O)cc1. The minimum absolute atomic E-state index is 0.0503. The minimum atomic E-state index is -0.914. The van der Waals surface area contributed by atoms with Crippen LogP contribution in [-0.4, -0.2) is 25.0 Å². The van der Waals surface area contributed by atoms with Crippen molar-refractivity contribution >= 4 is 5.69 Å². The molecule has 84 valence electrons. The van der Waals surface area contributed by atoms with Crippen molar-refractivity contribution in [3.8, 4) is 0 Å². The largest absolute Gasteiger partial charge is 0.595 e. The first-order chi connectivity index (χ1) is 7.13. The van der Waals surface area contributed by atoms with Crippen molar-refractivity contribution in [1.82, 2.24) is 0 Å². The van der Waals surface area contributed by atoms with Gasteiger partial charge in [-0.2, -0.15) is 5.23 Å². The summed E-state index contributed by atoms with van der Waals surface area (Å²) in [4.78, 5) is 0. The maximum atomic E-state index is 10.6. The number of rotatable bonds is 5. The zero-order valence-electron chi connectivity index (χ0n) is 8.64. The molecule has 0 aliphatic carbocycles. The first-order valence-corrected chi connectivity index (χ1v) is 4.70. The fourth-order valence-electron chi connectivity index (χ4n) is 1.36. The number of methoxy groups -OCH3 is 1. The Balaban J connectivity index is 2.56. The van der Waals surface area contributed by atoms with Gasteiger partial charge in [0.15, 0.2) is 5.69 Å². The van der Waals surface area contributed by atoms with Crippen molar-refractivity contribution in [2.24, 2.45) is 5.73 Å². The van der Waals surface area contributed by atoms with Gasteiger partial charge < -0.3 is 15.7 Å². The highest BCUT2D eigenvalue weighted by molar-refractivity contribution is 5.32. The highest BCUT2D eigenvalue weighted by Gasteiger charge is 2.04. The highest BCUT2D eigenvalue weighted by atomic mass is 16.8. The van der Waals surface area contributed by atoms with Crippen LogP contribution in [0.3, 0.4) is 0 Å². The van der Waals surface area contributed by atoms with Crippen LogP contribution in [0.1, 0.15) is 5.56 Å². The highest BCUT2D eigenvalue weighted by Crippen LogP contribution is 2.07. The smallest absolute Gasteiger partial charge is 0.163 e. The Kier molecular flexibility index (Phi) is 4.67. The fourth-order valence-corrected chi connectivity index (χ4v) is 1.36. The number of quaternary nitrogens is 1. The average molecular weight is 212 g/mol. The monoisotopic (exact) mass is 212 g/mol. The standard InChI is InChI=1S/C10H16N2O3/c1-15-7-9(11)6-8-2-4-10(5-3-8)12(13)14/h2-5,9,12-13H,6-7,11H2,1H3/t9-/m0/s1. The Bertz CT molecular complexity index is 287. The van der Waals surface area contributed by atoms with Gasteiger partial charge in [0, 0.05) is 25.3 Å². The van der Waals surface area contributed by atoms with Gasteiger partial charge in [0.05, 0.1) is 6.61 Å². The molecule has 1 aromatic carbocycles. The van der Waals surface area contributed by atoms with Crippen LogP contribution in [0.2, 0.25) is 0 Å². The average Bonchev–Trinajstić information content (AvgIpc) is 2.18. The van der Waals surface area contributed by atoms with Crippen molar-refractivity contribution < 1.29 is 15.2 Å². The third-order valence-electron chi connectivity index (χ3n) is 2.08. The van der Waals surface area contributed by atoms with Crippen LogP contribution in [0.5, 0.6) is 0 Å². The molecule has 5 nitrogen and oxygen atoms in total. The van der Waals surface area contributed by atoms with E-state index in [0.29, 0.717) is 18.7 Å². The third-order valence-corrected chi connectivity index (χ3v) is 2.08. The van der Waals surface area contributed by atoms with Gasteiger partial charge >= 0.3 is 0 Å². The lowest BCUT2D eigenvalue weighted by Crippen LogP contribution is -2.99. The second kappa shape index (κ2) is 5.79. The zero-order valence-corrected chi connectivity index (χ0v) is 8.64. The lowest BCUT2D eigenvalue weighted by atomic mass is 10.1. The molecule has 1 rings (SSSR count). The van der Waals surface area contributed by atoms with E-state index in [2.05, 4.69) is 0 Å². The molecule has 0 aliphatic heterocycles. The summed E-state index contributed by atoms with van der Waals surface area (Å²) in [6.07, 6.45) is 0.688. The van der Waals surface area contributed by atoms with Gasteiger partial charge in [-0.3, -0.25) is 0 Å². The molecule has 0 spiro atoms. The summed E-state index contributed by atoms with van der Waals surface area (Å²) in [6, 6.07) is 6.66. The van der Waals surface area contributed by atoms with Crippen LogP contribution >= 0.6 is 0 Å². The summed E-state index contributed by atoms with van der Waals surface area (Å²) >= 11 is 0. The molecular formula is C10H16N2O3. The maximum Gasteiger partial charge on any atom is 0.163 e. The van der Waals surface area contributed by atoms with Crippen LogP contribution in [-0.2, 0) is 11.2 Å². The Labute approximate surface area is 88.6 Å². The Morgan fingerprint density at radius 1 is 1.47 bits per heavy atom. The predicted octanol–water partition coefficient (Wildman–Crippen LogP) is -0.394. The molecule has 0 saturated carbocycles. The van der Waals surface area contributed by atoms with Crippen molar-refractivity contribution in [1.29, 1.82) is 0 Å². The molecule has 0 radical (unpaired) electrons. The van der Waals surface area contributed by atoms with E-state index in [4.69, 9.17) is 15.7 Å². The number of nitrogens with two attached hydrogens (primary N) is 1. The van der Waals surface area contributed by atoms with Gasteiger partial charge in [-0.25, -0.2) is 5.21 Å². The van der Waals surface area contributed by atoms with Crippen LogP contribution in [0.4, 0.5) is 5.69 Å². The summed E-state index contributed by atoms with van der Waals surface area (Å²) < 4.78 is 4.92. The molecule has 1 unspecified atom stereocenters. The second-order valence-electron chi connectivity index (χ2n) is 3.42. The van der Waals surface area contributed by atoms with E-state index in [1.807, 2.05) is 0 Å². The van der Waals surface area contributed by atoms with Gasteiger partial charge in [-0.1, -0.05) is 12.1 Å². The molecule has 4 N–H and O–H groups in total. The molecule has 1 aromatic rings. The van der Waals surface area contributed by atoms with Gasteiger partial charge in [0.1, 0.15) is 0 Å². The van der Waals surface area contributed by atoms with E-state index in [1.54, 1.807) is 31.4 Å². The van der Waals surface area contributed by atoms with Gasteiger partial charge in [-0.05, 0) is 12.0 Å². The quantitative estimate of drug-likeness (QED) is 0.580. The number of hydrogen-bond acceptors (Lipinski definition) is 4. The Hall–Kier alpha value is -0.980. The molecular weight excluding hydrogens is 196 g/mol. The molecule has 2 atom stereocenters. The van der Waals surface area contributed by atoms with Crippen LogP contribution in [0, 0.1) is 5.21 Å². The molecule has 0 fully saturated rings. The number of hydrogen-bond donors (Lipinski definition) is 3. The lowest BCUT2D eigenvalue weighted by Gasteiger charge is -2.13. The van der Waals surface area contributed by atoms with Crippen molar-refractivity contribution in [2.45, 2.75) is 12.5 Å². The van der Waals surface area contributed by atoms with Crippen molar-refractivity contribution in [3.63, 3.8) is 0 Å². The minimum Gasteiger partial charge on any atom is -0.595 e. The van der Waals surface area contributed by atoms with E-state index in [1.165, 1.54) is 0 Å². The van der Waals surface area contributed by atoms with Crippen LogP contribution in [0.15, 0.2) is 24.3 Å². The molecule has 0 aromatic heterocycles. The van der Waals surface area contributed by atoms with Crippen molar-refractivity contribution in [3.05, 3.63) is 35.0 Å². The summed E-state index contributed by atoms with van der Waals surface area (Å²) in [5.74, 6) is 0. The molecule has 0 aliphatic rings. The predicted molar refractivity (Wildman–Crippen MR) is 55.8 cm³/mol.